The van der Waals surface area contributed by atoms with Gasteiger partial charge in [-0.15, -0.1) is 5.10 Å². The van der Waals surface area contributed by atoms with E-state index >= 15 is 0 Å². The van der Waals surface area contributed by atoms with E-state index < -0.39 is 0 Å². The highest BCUT2D eigenvalue weighted by atomic mass is 16.6. The number of fused-ring (bicyclic) bond motifs is 5. The fourth-order valence-corrected chi connectivity index (χ4v) is 3.77. The Labute approximate surface area is 142 Å². The molecular formula is C16H15N5O4. The lowest BCUT2D eigenvalue weighted by atomic mass is 10.0. The normalized spacial score (nSPS) is 23.9. The van der Waals surface area contributed by atoms with Crippen LogP contribution in [0.25, 0.3) is 0 Å². The van der Waals surface area contributed by atoms with E-state index in [1.807, 2.05) is 12.1 Å². The van der Waals surface area contributed by atoms with E-state index in [2.05, 4.69) is 10.3 Å². The number of nitrogens with zero attached hydrogens (tertiary/aromatic N) is 5. The van der Waals surface area contributed by atoms with Crippen LogP contribution in [0.5, 0.6) is 5.75 Å². The Hall–Kier alpha value is -3.10. The zero-order chi connectivity index (χ0) is 17.1. The van der Waals surface area contributed by atoms with Gasteiger partial charge in [0, 0.05) is 25.2 Å². The molecule has 9 heteroatoms. The summed E-state index contributed by atoms with van der Waals surface area (Å²) in [6, 6.07) is 3.54. The molecule has 1 fully saturated rings. The predicted octanol–water partition coefficient (Wildman–Crippen LogP) is 0.583. The summed E-state index contributed by atoms with van der Waals surface area (Å²) in [7, 11) is 1.73. The van der Waals surface area contributed by atoms with E-state index in [4.69, 9.17) is 9.47 Å². The molecule has 1 aromatic heterocycles. The fourth-order valence-electron chi connectivity index (χ4n) is 3.77. The largest absolute Gasteiger partial charge is 0.481 e. The monoisotopic (exact) mass is 341 g/mol. The topological polar surface area (TPSA) is 89.8 Å². The first-order valence-corrected chi connectivity index (χ1v) is 8.02. The van der Waals surface area contributed by atoms with Crippen molar-refractivity contribution in [3.05, 3.63) is 30.1 Å². The van der Waals surface area contributed by atoms with Gasteiger partial charge in [0.15, 0.2) is 6.61 Å². The maximum atomic E-state index is 12.4. The quantitative estimate of drug-likeness (QED) is 0.794. The molecule has 1 saturated heterocycles. The Morgan fingerprint density at radius 3 is 2.92 bits per heavy atom. The van der Waals surface area contributed by atoms with Crippen molar-refractivity contribution in [2.24, 2.45) is 0 Å². The highest BCUT2D eigenvalue weighted by molar-refractivity contribution is 6.00. The second kappa shape index (κ2) is 4.95. The summed E-state index contributed by atoms with van der Waals surface area (Å²) >= 11 is 0. The number of carbonyl (C=O) groups is 2. The van der Waals surface area contributed by atoms with Gasteiger partial charge in [0.25, 0.3) is 5.91 Å². The van der Waals surface area contributed by atoms with Crippen LogP contribution in [0.15, 0.2) is 24.5 Å². The van der Waals surface area contributed by atoms with Crippen molar-refractivity contribution in [2.45, 2.75) is 25.1 Å². The summed E-state index contributed by atoms with van der Waals surface area (Å²) in [6.07, 6.45) is 3.26. The predicted molar refractivity (Wildman–Crippen MR) is 85.6 cm³/mol. The van der Waals surface area contributed by atoms with E-state index in [-0.39, 0.29) is 30.8 Å². The molecule has 9 nitrogen and oxygen atoms in total. The zero-order valence-corrected chi connectivity index (χ0v) is 13.5. The molecule has 0 spiro atoms. The van der Waals surface area contributed by atoms with Crippen molar-refractivity contribution in [3.8, 4) is 5.75 Å². The molecule has 1 aromatic carbocycles. The molecule has 0 saturated carbocycles. The third kappa shape index (κ3) is 1.95. The first kappa shape index (κ1) is 14.3. The summed E-state index contributed by atoms with van der Waals surface area (Å²) in [4.78, 5) is 27.5. The molecule has 2 atom stereocenters. The molecule has 2 amide bonds. The maximum Gasteiger partial charge on any atom is 0.415 e. The van der Waals surface area contributed by atoms with Crippen LogP contribution < -0.4 is 14.5 Å². The van der Waals surface area contributed by atoms with Gasteiger partial charge in [-0.25, -0.2) is 9.48 Å². The molecule has 128 valence electrons. The molecule has 0 N–H and O–H groups in total. The van der Waals surface area contributed by atoms with Gasteiger partial charge < -0.3 is 14.4 Å². The third-order valence-corrected chi connectivity index (χ3v) is 5.01. The number of aromatic nitrogens is 3. The zero-order valence-electron chi connectivity index (χ0n) is 13.5. The average molecular weight is 341 g/mol. The first-order chi connectivity index (χ1) is 12.1. The number of benzene rings is 1. The van der Waals surface area contributed by atoms with Crippen molar-refractivity contribution in [2.75, 3.05) is 23.5 Å². The van der Waals surface area contributed by atoms with Crippen LogP contribution in [-0.2, 0) is 22.5 Å². The second-order valence-electron chi connectivity index (χ2n) is 6.34. The molecule has 4 heterocycles. The Bertz CT molecular complexity index is 881. The Morgan fingerprint density at radius 2 is 2.12 bits per heavy atom. The Kier molecular flexibility index (Phi) is 2.82. The lowest BCUT2D eigenvalue weighted by Gasteiger charge is -2.27. The molecule has 0 aliphatic carbocycles. The van der Waals surface area contributed by atoms with Gasteiger partial charge in [-0.05, 0) is 12.1 Å². The van der Waals surface area contributed by atoms with E-state index in [0.717, 1.165) is 16.9 Å². The number of likely N-dealkylation sites (N-methyl/N-ethyl adjacent to an activating group) is 1. The summed E-state index contributed by atoms with van der Waals surface area (Å²) in [5.74, 6) is 0.593. The van der Waals surface area contributed by atoms with Gasteiger partial charge >= 0.3 is 6.09 Å². The lowest BCUT2D eigenvalue weighted by molar-refractivity contribution is -0.121. The molecule has 0 bridgehead atoms. The van der Waals surface area contributed by atoms with Crippen LogP contribution in [0.1, 0.15) is 5.56 Å². The van der Waals surface area contributed by atoms with E-state index in [1.54, 1.807) is 33.9 Å². The molecule has 0 unspecified atom stereocenters. The van der Waals surface area contributed by atoms with Gasteiger partial charge in [0.2, 0.25) is 0 Å². The van der Waals surface area contributed by atoms with Gasteiger partial charge in [0.1, 0.15) is 11.9 Å². The number of rotatable bonds is 2. The SMILES string of the molecule is CN1C(=O)COc2c1ccc1c2C[C@H]2[C@H](Cn3ccnn3)OC(=O)N12. The van der Waals surface area contributed by atoms with Crippen molar-refractivity contribution in [1.29, 1.82) is 0 Å². The number of hydrogen-bond acceptors (Lipinski definition) is 6. The molecule has 3 aliphatic rings. The fraction of sp³-hybridized carbons (Fsp3) is 0.375. The number of anilines is 2. The van der Waals surface area contributed by atoms with Crippen LogP contribution in [0, 0.1) is 0 Å². The Balaban J connectivity index is 1.52. The molecule has 2 aromatic rings. The van der Waals surface area contributed by atoms with Crippen molar-refractivity contribution in [3.63, 3.8) is 0 Å². The van der Waals surface area contributed by atoms with Gasteiger partial charge in [-0.1, -0.05) is 5.21 Å². The van der Waals surface area contributed by atoms with Crippen molar-refractivity contribution < 1.29 is 19.1 Å². The summed E-state index contributed by atoms with van der Waals surface area (Å²) in [5, 5.41) is 7.73. The highest BCUT2D eigenvalue weighted by Crippen LogP contribution is 2.47. The molecular weight excluding hydrogens is 326 g/mol. The van der Waals surface area contributed by atoms with Crippen LogP contribution in [0.4, 0.5) is 16.2 Å². The Morgan fingerprint density at radius 1 is 1.28 bits per heavy atom. The number of hydrogen-bond donors (Lipinski definition) is 0. The van der Waals surface area contributed by atoms with E-state index in [9.17, 15) is 9.59 Å². The molecule has 25 heavy (non-hydrogen) atoms. The smallest absolute Gasteiger partial charge is 0.415 e. The van der Waals surface area contributed by atoms with Crippen LogP contribution >= 0.6 is 0 Å². The second-order valence-corrected chi connectivity index (χ2v) is 6.34. The molecule has 3 aliphatic heterocycles. The lowest BCUT2D eigenvalue weighted by Crippen LogP contribution is -2.36. The van der Waals surface area contributed by atoms with E-state index in [0.29, 0.717) is 18.7 Å². The first-order valence-electron chi connectivity index (χ1n) is 8.02. The number of ether oxygens (including phenoxy) is 2. The number of cyclic esters (lactones) is 1. The molecule has 5 rings (SSSR count). The maximum absolute atomic E-state index is 12.4. The summed E-state index contributed by atoms with van der Waals surface area (Å²) < 4.78 is 12.9. The standard InChI is InChI=1S/C16H15N5O4/c1-19-11-3-2-10-9(15(11)24-8-14(19)22)6-12-13(25-16(23)21(10)12)7-20-5-4-17-18-20/h2-5,12-13H,6-8H2,1H3/t12-,13-/m0/s1. The summed E-state index contributed by atoms with van der Waals surface area (Å²) in [5.41, 5.74) is 2.47. The van der Waals surface area contributed by atoms with Gasteiger partial charge in [0.05, 0.1) is 30.2 Å². The summed E-state index contributed by atoms with van der Waals surface area (Å²) in [6.45, 7) is 0.458. The minimum Gasteiger partial charge on any atom is -0.481 e. The highest BCUT2D eigenvalue weighted by Gasteiger charge is 2.49. The minimum absolute atomic E-state index is 0.0114. The van der Waals surface area contributed by atoms with Crippen molar-refractivity contribution in [1.82, 2.24) is 15.0 Å². The van der Waals surface area contributed by atoms with E-state index in [1.165, 1.54) is 0 Å². The van der Waals surface area contributed by atoms with Gasteiger partial charge in [-0.2, -0.15) is 0 Å². The van der Waals surface area contributed by atoms with Crippen LogP contribution in [-0.4, -0.2) is 52.8 Å². The van der Waals surface area contributed by atoms with Crippen LogP contribution in [0.3, 0.4) is 0 Å². The van der Waals surface area contributed by atoms with Gasteiger partial charge in [-0.3, -0.25) is 9.69 Å². The molecule has 0 radical (unpaired) electrons. The number of amides is 2. The van der Waals surface area contributed by atoms with Crippen LogP contribution in [0.2, 0.25) is 0 Å². The van der Waals surface area contributed by atoms with Crippen molar-refractivity contribution >= 4 is 23.4 Å². The third-order valence-electron chi connectivity index (χ3n) is 5.01. The average Bonchev–Trinajstić information content (AvgIpc) is 3.29. The number of carbonyl (C=O) groups excluding carboxylic acids is 2. The minimum atomic E-state index is -0.367.